The Morgan fingerprint density at radius 1 is 1.27 bits per heavy atom. The van der Waals surface area contributed by atoms with Gasteiger partial charge in [-0.3, -0.25) is 4.79 Å². The zero-order valence-electron chi connectivity index (χ0n) is 20.5. The van der Waals surface area contributed by atoms with E-state index in [1.807, 2.05) is 42.8 Å². The van der Waals surface area contributed by atoms with Gasteiger partial charge >= 0.3 is 0 Å². The van der Waals surface area contributed by atoms with Crippen LogP contribution in [0.25, 0.3) is 0 Å². The minimum Gasteiger partial charge on any atom is -0.370 e. The van der Waals surface area contributed by atoms with Gasteiger partial charge in [0.25, 0.3) is 5.91 Å². The van der Waals surface area contributed by atoms with Gasteiger partial charge in [-0.25, -0.2) is 9.97 Å². The van der Waals surface area contributed by atoms with E-state index in [1.54, 1.807) is 17.7 Å². The lowest BCUT2D eigenvalue weighted by Gasteiger charge is -2.49. The van der Waals surface area contributed by atoms with Gasteiger partial charge in [0, 0.05) is 44.0 Å². The number of nitrogens with one attached hydrogen (secondary N) is 2. The van der Waals surface area contributed by atoms with Crippen molar-refractivity contribution in [2.45, 2.75) is 44.5 Å². The maximum absolute atomic E-state index is 12.5. The minimum atomic E-state index is -0.473. The molecule has 1 aromatic carbocycles. The molecule has 1 saturated heterocycles. The number of carbonyl (C=O) groups is 1. The van der Waals surface area contributed by atoms with Crippen molar-refractivity contribution in [3.63, 3.8) is 0 Å². The van der Waals surface area contributed by atoms with Gasteiger partial charge in [0.2, 0.25) is 0 Å². The summed E-state index contributed by atoms with van der Waals surface area (Å²) in [7, 11) is 1.93. The summed E-state index contributed by atoms with van der Waals surface area (Å²) < 4.78 is 8.12. The third-order valence-corrected chi connectivity index (χ3v) is 8.12. The molecule has 2 atom stereocenters. The molecule has 5 heterocycles. The molecule has 0 spiro atoms. The number of fused-ring (bicyclic) bond motifs is 1. The molecule has 0 saturated carbocycles. The van der Waals surface area contributed by atoms with Crippen LogP contribution in [0.4, 0.5) is 0 Å². The second-order valence-corrected chi connectivity index (χ2v) is 11.1. The van der Waals surface area contributed by atoms with Crippen LogP contribution in [0, 0.1) is 6.92 Å². The first-order valence-electron chi connectivity index (χ1n) is 12.1. The monoisotopic (exact) mass is 535 g/mol. The largest absolute Gasteiger partial charge is 0.370 e. The fourth-order valence-corrected chi connectivity index (χ4v) is 5.97. The van der Waals surface area contributed by atoms with Crippen molar-refractivity contribution in [2.24, 2.45) is 7.05 Å². The number of hydrogen-bond acceptors (Lipinski definition) is 8. The van der Waals surface area contributed by atoms with Gasteiger partial charge in [-0.05, 0) is 41.8 Å². The van der Waals surface area contributed by atoms with Crippen LogP contribution in [-0.4, -0.2) is 37.2 Å². The summed E-state index contributed by atoms with van der Waals surface area (Å²) in [5.41, 5.74) is 5.05. The number of benzene rings is 1. The Kier molecular flexibility index (Phi) is 6.28. The highest BCUT2D eigenvalue weighted by Gasteiger charge is 2.52. The zero-order chi connectivity index (χ0) is 25.6. The number of halogens is 1. The molecule has 37 heavy (non-hydrogen) atoms. The van der Waals surface area contributed by atoms with Crippen LogP contribution in [0.5, 0.6) is 0 Å². The van der Waals surface area contributed by atoms with Gasteiger partial charge < -0.3 is 19.9 Å². The Bertz CT molecular complexity index is 1490. The fourth-order valence-electron chi connectivity index (χ4n) is 5.12. The molecule has 0 radical (unpaired) electrons. The van der Waals surface area contributed by atoms with Crippen LogP contribution in [0.1, 0.15) is 55.4 Å². The molecule has 1 amide bonds. The van der Waals surface area contributed by atoms with Crippen LogP contribution >= 0.6 is 22.9 Å². The van der Waals surface area contributed by atoms with Crippen molar-refractivity contribution in [3.05, 3.63) is 91.7 Å². The standard InChI is InChI=1S/C26H26ClN7O2S/c1-15-31-19(12-37-15)11-28-9-16-5-21(32-22(27)6-16)24-26(13-36-24,8-23-33-30-14-34(23)2)18-4-3-17-10-29-25(35)20(17)7-18/h3-7,12,14,24,28H,8-11,13H2,1-2H3,(H,29,35). The topological polar surface area (TPSA) is 107 Å². The normalized spacial score (nSPS) is 20.5. The smallest absolute Gasteiger partial charge is 0.251 e. The van der Waals surface area contributed by atoms with E-state index in [2.05, 4.69) is 42.2 Å². The first-order valence-corrected chi connectivity index (χ1v) is 13.3. The Balaban J connectivity index is 1.32. The van der Waals surface area contributed by atoms with Crippen molar-refractivity contribution in [1.82, 2.24) is 35.4 Å². The maximum Gasteiger partial charge on any atom is 0.251 e. The van der Waals surface area contributed by atoms with E-state index in [4.69, 9.17) is 16.3 Å². The number of hydrogen-bond donors (Lipinski definition) is 2. The van der Waals surface area contributed by atoms with Crippen LogP contribution in [-0.2, 0) is 43.3 Å². The second-order valence-electron chi connectivity index (χ2n) is 9.62. The van der Waals surface area contributed by atoms with E-state index in [-0.39, 0.29) is 12.0 Å². The Morgan fingerprint density at radius 3 is 2.89 bits per heavy atom. The first kappa shape index (κ1) is 24.2. The summed E-state index contributed by atoms with van der Waals surface area (Å²) in [5, 5.41) is 18.3. The molecule has 190 valence electrons. The number of pyridine rings is 1. The van der Waals surface area contributed by atoms with Gasteiger partial charge in [0.05, 0.1) is 28.4 Å². The number of amides is 1. The Morgan fingerprint density at radius 2 is 2.16 bits per heavy atom. The van der Waals surface area contributed by atoms with E-state index >= 15 is 0 Å². The lowest BCUT2D eigenvalue weighted by Crippen LogP contribution is -2.52. The van der Waals surface area contributed by atoms with Gasteiger partial charge in [-0.1, -0.05) is 23.7 Å². The lowest BCUT2D eigenvalue weighted by atomic mass is 9.68. The van der Waals surface area contributed by atoms with Gasteiger partial charge in [-0.2, -0.15) is 0 Å². The molecule has 2 aliphatic rings. The molecule has 0 aliphatic carbocycles. The number of carbonyl (C=O) groups excluding carboxylic acids is 1. The summed E-state index contributed by atoms with van der Waals surface area (Å²) in [6.45, 7) is 4.32. The van der Waals surface area contributed by atoms with Crippen molar-refractivity contribution in [3.8, 4) is 0 Å². The highest BCUT2D eigenvalue weighted by atomic mass is 35.5. The maximum atomic E-state index is 12.5. The van der Waals surface area contributed by atoms with Gasteiger partial charge in [0.15, 0.2) is 0 Å². The fraction of sp³-hybridized carbons (Fsp3) is 0.346. The molecule has 6 rings (SSSR count). The van der Waals surface area contributed by atoms with Crippen LogP contribution in [0.15, 0.2) is 42.0 Å². The molecule has 2 unspecified atom stereocenters. The summed E-state index contributed by atoms with van der Waals surface area (Å²) in [6, 6.07) is 10.0. The van der Waals surface area contributed by atoms with Gasteiger partial charge in [-0.15, -0.1) is 21.5 Å². The van der Waals surface area contributed by atoms with Crippen molar-refractivity contribution in [2.75, 3.05) is 6.61 Å². The van der Waals surface area contributed by atoms with Crippen molar-refractivity contribution in [1.29, 1.82) is 0 Å². The summed E-state index contributed by atoms with van der Waals surface area (Å²) in [4.78, 5) is 21.6. The van der Waals surface area contributed by atoms with Crippen molar-refractivity contribution < 1.29 is 9.53 Å². The van der Waals surface area contributed by atoms with Gasteiger partial charge in [0.1, 0.15) is 23.4 Å². The quantitative estimate of drug-likeness (QED) is 0.333. The first-order chi connectivity index (χ1) is 17.9. The molecular weight excluding hydrogens is 510 g/mol. The molecule has 11 heteroatoms. The van der Waals surface area contributed by atoms with Crippen LogP contribution in [0.3, 0.4) is 0 Å². The number of aromatic nitrogens is 5. The number of thiazole rings is 1. The molecule has 3 aromatic heterocycles. The van der Waals surface area contributed by atoms with E-state index in [0.717, 1.165) is 38.9 Å². The number of nitrogens with zero attached hydrogens (tertiary/aromatic N) is 5. The second kappa shape index (κ2) is 9.60. The van der Waals surface area contributed by atoms with E-state index in [9.17, 15) is 4.79 Å². The number of ether oxygens (including phenoxy) is 1. The Labute approximate surface area is 223 Å². The SMILES string of the molecule is Cc1nc(CNCc2cc(Cl)nc(C3OCC3(Cc3nncn3C)c3ccc4c(c3)C(=O)NC4)c2)cs1. The molecular formula is C26H26ClN7O2S. The number of aryl methyl sites for hydroxylation is 2. The molecule has 9 nitrogen and oxygen atoms in total. The summed E-state index contributed by atoms with van der Waals surface area (Å²) >= 11 is 8.14. The predicted octanol–water partition coefficient (Wildman–Crippen LogP) is 3.41. The third-order valence-electron chi connectivity index (χ3n) is 7.10. The third kappa shape index (κ3) is 4.54. The van der Waals surface area contributed by atoms with Crippen LogP contribution < -0.4 is 10.6 Å². The minimum absolute atomic E-state index is 0.0491. The lowest BCUT2D eigenvalue weighted by molar-refractivity contribution is -0.146. The molecule has 0 bridgehead atoms. The average molecular weight is 536 g/mol. The van der Waals surface area contributed by atoms with Crippen molar-refractivity contribution >= 4 is 28.8 Å². The molecule has 1 fully saturated rings. The number of rotatable bonds is 8. The van der Waals surface area contributed by atoms with Crippen LogP contribution in [0.2, 0.25) is 5.15 Å². The summed E-state index contributed by atoms with van der Waals surface area (Å²) in [6.07, 6.45) is 1.92. The summed E-state index contributed by atoms with van der Waals surface area (Å²) in [5.74, 6) is 0.785. The predicted molar refractivity (Wildman–Crippen MR) is 139 cm³/mol. The van der Waals surface area contributed by atoms with E-state index in [1.165, 1.54) is 0 Å². The molecule has 2 N–H and O–H groups in total. The molecule has 4 aromatic rings. The van der Waals surface area contributed by atoms with E-state index < -0.39 is 5.41 Å². The molecule has 2 aliphatic heterocycles. The van der Waals surface area contributed by atoms with E-state index in [0.29, 0.717) is 43.4 Å². The Hall–Kier alpha value is -3.18. The highest BCUT2D eigenvalue weighted by molar-refractivity contribution is 7.09. The highest BCUT2D eigenvalue weighted by Crippen LogP contribution is 2.50. The average Bonchev–Trinajstić information content (AvgIpc) is 3.56. The zero-order valence-corrected chi connectivity index (χ0v) is 22.1.